The van der Waals surface area contributed by atoms with Crippen molar-refractivity contribution in [3.63, 3.8) is 0 Å². The molecule has 0 radical (unpaired) electrons. The standard InChI is InChI=1S/C18H14F5NO3/c19-14-4-2-1-3-12(14)10-24-16(25)8-6-11-5-7-13(26-17(20)21)9-15(11)27-18(22)23/h1-9,17-18H,10H2,(H,24,25)/b8-6+. The lowest BCUT2D eigenvalue weighted by Crippen LogP contribution is -2.20. The fourth-order valence-corrected chi connectivity index (χ4v) is 2.08. The van der Waals surface area contributed by atoms with Gasteiger partial charge in [-0.1, -0.05) is 18.2 Å². The zero-order valence-corrected chi connectivity index (χ0v) is 13.7. The summed E-state index contributed by atoms with van der Waals surface area (Å²) < 4.78 is 71.3. The molecule has 0 fully saturated rings. The summed E-state index contributed by atoms with van der Waals surface area (Å²) in [5.41, 5.74) is 0.312. The molecule has 2 rings (SSSR count). The van der Waals surface area contributed by atoms with E-state index in [0.29, 0.717) is 0 Å². The zero-order chi connectivity index (χ0) is 19.8. The molecule has 0 heterocycles. The number of carbonyl (C=O) groups is 1. The molecule has 0 aliphatic rings. The number of nitrogens with one attached hydrogen (secondary N) is 1. The molecule has 0 saturated carbocycles. The van der Waals surface area contributed by atoms with Gasteiger partial charge in [-0.3, -0.25) is 4.79 Å². The Morgan fingerprint density at radius 2 is 1.74 bits per heavy atom. The van der Waals surface area contributed by atoms with Gasteiger partial charge >= 0.3 is 13.2 Å². The van der Waals surface area contributed by atoms with Gasteiger partial charge in [0.2, 0.25) is 5.91 Å². The molecule has 4 nitrogen and oxygen atoms in total. The van der Waals surface area contributed by atoms with Gasteiger partial charge in [-0.15, -0.1) is 0 Å². The molecule has 1 amide bonds. The Balaban J connectivity index is 2.07. The van der Waals surface area contributed by atoms with Gasteiger partial charge in [0.05, 0.1) is 0 Å². The molecular formula is C18H14F5NO3. The van der Waals surface area contributed by atoms with E-state index in [2.05, 4.69) is 14.8 Å². The Labute approximate surface area is 151 Å². The van der Waals surface area contributed by atoms with Crippen LogP contribution in [0.3, 0.4) is 0 Å². The average Bonchev–Trinajstić information content (AvgIpc) is 2.59. The highest BCUT2D eigenvalue weighted by atomic mass is 19.3. The summed E-state index contributed by atoms with van der Waals surface area (Å²) in [6, 6.07) is 9.00. The smallest absolute Gasteiger partial charge is 0.387 e. The largest absolute Gasteiger partial charge is 0.435 e. The molecule has 27 heavy (non-hydrogen) atoms. The molecule has 0 saturated heterocycles. The minimum absolute atomic E-state index is 0.0398. The fraction of sp³-hybridized carbons (Fsp3) is 0.167. The zero-order valence-electron chi connectivity index (χ0n) is 13.7. The van der Waals surface area contributed by atoms with Gasteiger partial charge in [-0.25, -0.2) is 4.39 Å². The molecule has 2 aromatic carbocycles. The Morgan fingerprint density at radius 3 is 2.41 bits per heavy atom. The summed E-state index contributed by atoms with van der Waals surface area (Å²) in [7, 11) is 0. The van der Waals surface area contributed by atoms with E-state index in [1.807, 2.05) is 0 Å². The van der Waals surface area contributed by atoms with Gasteiger partial charge in [0.25, 0.3) is 0 Å². The number of halogens is 5. The van der Waals surface area contributed by atoms with Crippen LogP contribution >= 0.6 is 0 Å². The summed E-state index contributed by atoms with van der Waals surface area (Å²) in [4.78, 5) is 11.8. The summed E-state index contributed by atoms with van der Waals surface area (Å²) in [5.74, 6) is -1.92. The van der Waals surface area contributed by atoms with Crippen molar-refractivity contribution in [2.45, 2.75) is 19.8 Å². The van der Waals surface area contributed by atoms with Crippen LogP contribution < -0.4 is 14.8 Å². The van der Waals surface area contributed by atoms with Crippen molar-refractivity contribution in [2.75, 3.05) is 0 Å². The predicted octanol–water partition coefficient (Wildman–Crippen LogP) is 4.36. The first kappa shape index (κ1) is 20.2. The monoisotopic (exact) mass is 387 g/mol. The van der Waals surface area contributed by atoms with Crippen LogP contribution in [0.4, 0.5) is 22.0 Å². The summed E-state index contributed by atoms with van der Waals surface area (Å²) in [6.45, 7) is -6.40. The lowest BCUT2D eigenvalue weighted by molar-refractivity contribution is -0.116. The third kappa shape index (κ3) is 6.61. The van der Waals surface area contributed by atoms with E-state index in [4.69, 9.17) is 0 Å². The third-order valence-corrected chi connectivity index (χ3v) is 3.25. The highest BCUT2D eigenvalue weighted by molar-refractivity contribution is 5.92. The van der Waals surface area contributed by atoms with Gasteiger partial charge in [-0.05, 0) is 24.3 Å². The number of alkyl halides is 4. The molecule has 0 aliphatic carbocycles. The molecule has 9 heteroatoms. The molecule has 144 valence electrons. The van der Waals surface area contributed by atoms with E-state index in [1.54, 1.807) is 6.07 Å². The van der Waals surface area contributed by atoms with E-state index in [-0.39, 0.29) is 23.4 Å². The van der Waals surface area contributed by atoms with Gasteiger partial charge in [0.1, 0.15) is 17.3 Å². The summed E-state index contributed by atoms with van der Waals surface area (Å²) in [5, 5.41) is 2.43. The van der Waals surface area contributed by atoms with Crippen LogP contribution in [-0.4, -0.2) is 19.1 Å². The molecule has 0 atom stereocenters. The Morgan fingerprint density at radius 1 is 1.04 bits per heavy atom. The van der Waals surface area contributed by atoms with Crippen LogP contribution in [-0.2, 0) is 11.3 Å². The van der Waals surface area contributed by atoms with Crippen LogP contribution in [0.2, 0.25) is 0 Å². The van der Waals surface area contributed by atoms with Crippen molar-refractivity contribution < 1.29 is 36.2 Å². The Hall–Kier alpha value is -3.10. The van der Waals surface area contributed by atoms with Crippen molar-refractivity contribution in [3.05, 3.63) is 65.5 Å². The molecule has 0 bridgehead atoms. The normalized spacial score (nSPS) is 11.2. The number of hydrogen-bond acceptors (Lipinski definition) is 3. The minimum atomic E-state index is -3.20. The van der Waals surface area contributed by atoms with Crippen LogP contribution in [0.1, 0.15) is 11.1 Å². The molecule has 0 aromatic heterocycles. The van der Waals surface area contributed by atoms with E-state index >= 15 is 0 Å². The van der Waals surface area contributed by atoms with E-state index in [9.17, 15) is 26.7 Å². The number of benzene rings is 2. The third-order valence-electron chi connectivity index (χ3n) is 3.25. The number of amides is 1. The van der Waals surface area contributed by atoms with Gasteiger partial charge in [-0.2, -0.15) is 17.6 Å². The minimum Gasteiger partial charge on any atom is -0.435 e. The number of carbonyl (C=O) groups excluding carboxylic acids is 1. The average molecular weight is 387 g/mol. The van der Waals surface area contributed by atoms with Crippen molar-refractivity contribution in [3.8, 4) is 11.5 Å². The lowest BCUT2D eigenvalue weighted by Gasteiger charge is -2.11. The highest BCUT2D eigenvalue weighted by Crippen LogP contribution is 2.28. The first-order valence-electron chi connectivity index (χ1n) is 7.58. The maximum absolute atomic E-state index is 13.5. The van der Waals surface area contributed by atoms with Crippen molar-refractivity contribution >= 4 is 12.0 Å². The maximum atomic E-state index is 13.5. The first-order valence-corrected chi connectivity index (χ1v) is 7.58. The lowest BCUT2D eigenvalue weighted by atomic mass is 10.1. The topological polar surface area (TPSA) is 47.6 Å². The quantitative estimate of drug-likeness (QED) is 0.541. The second kappa shape index (κ2) is 9.56. The van der Waals surface area contributed by atoms with Crippen molar-refractivity contribution in [1.82, 2.24) is 5.32 Å². The van der Waals surface area contributed by atoms with E-state index < -0.39 is 30.7 Å². The highest BCUT2D eigenvalue weighted by Gasteiger charge is 2.12. The molecule has 0 spiro atoms. The Kier molecular flexibility index (Phi) is 7.16. The summed E-state index contributed by atoms with van der Waals surface area (Å²) >= 11 is 0. The van der Waals surface area contributed by atoms with Crippen LogP contribution in [0, 0.1) is 5.82 Å². The van der Waals surface area contributed by atoms with Crippen LogP contribution in [0.25, 0.3) is 6.08 Å². The first-order chi connectivity index (χ1) is 12.8. The van der Waals surface area contributed by atoms with Gasteiger partial charge in [0, 0.05) is 29.8 Å². The van der Waals surface area contributed by atoms with E-state index in [0.717, 1.165) is 24.3 Å². The predicted molar refractivity (Wildman–Crippen MR) is 87.0 cm³/mol. The second-order valence-corrected chi connectivity index (χ2v) is 5.10. The molecule has 1 N–H and O–H groups in total. The van der Waals surface area contributed by atoms with Crippen LogP contribution in [0.5, 0.6) is 11.5 Å². The van der Waals surface area contributed by atoms with Crippen molar-refractivity contribution in [1.29, 1.82) is 0 Å². The van der Waals surface area contributed by atoms with Gasteiger partial charge in [0.15, 0.2) is 0 Å². The van der Waals surface area contributed by atoms with Crippen molar-refractivity contribution in [2.24, 2.45) is 0 Å². The molecule has 2 aromatic rings. The second-order valence-electron chi connectivity index (χ2n) is 5.10. The maximum Gasteiger partial charge on any atom is 0.387 e. The van der Waals surface area contributed by atoms with Crippen LogP contribution in [0.15, 0.2) is 48.5 Å². The van der Waals surface area contributed by atoms with E-state index in [1.165, 1.54) is 24.3 Å². The number of rotatable bonds is 8. The molecular weight excluding hydrogens is 373 g/mol. The Bertz CT molecular complexity index is 811. The SMILES string of the molecule is O=C(/C=C/c1ccc(OC(F)F)cc1OC(F)F)NCc1ccccc1F. The molecule has 0 aliphatic heterocycles. The fourth-order valence-electron chi connectivity index (χ4n) is 2.08. The van der Waals surface area contributed by atoms with Gasteiger partial charge < -0.3 is 14.8 Å². The number of ether oxygens (including phenoxy) is 2. The summed E-state index contributed by atoms with van der Waals surface area (Å²) in [6.07, 6.45) is 2.17. The number of hydrogen-bond donors (Lipinski definition) is 1. The molecule has 0 unspecified atom stereocenters.